The van der Waals surface area contributed by atoms with Crippen LogP contribution in [0.15, 0.2) is 58.4 Å². The molecule has 0 N–H and O–H groups in total. The molecule has 1 aliphatic heterocycles. The maximum atomic E-state index is 13.2. The summed E-state index contributed by atoms with van der Waals surface area (Å²) in [6.45, 7) is 4.79. The molecule has 1 aromatic carbocycles. The van der Waals surface area contributed by atoms with Gasteiger partial charge in [0.15, 0.2) is 11.8 Å². The highest BCUT2D eigenvalue weighted by atomic mass is 35.5. The minimum atomic E-state index is -0.102. The van der Waals surface area contributed by atoms with Crippen LogP contribution in [0.2, 0.25) is 5.02 Å². The minimum absolute atomic E-state index is 0.0791. The Bertz CT molecular complexity index is 1010. The van der Waals surface area contributed by atoms with Crippen LogP contribution in [0.1, 0.15) is 36.2 Å². The molecule has 0 amide bonds. The first-order valence-corrected chi connectivity index (χ1v) is 9.33. The van der Waals surface area contributed by atoms with Gasteiger partial charge in [0.1, 0.15) is 0 Å². The normalized spacial score (nSPS) is 17.2. The number of benzene rings is 1. The SMILES string of the molecule is CCCc1c(C)[n+](Cc2ccc(Cl)cc2)c2n(c1=O)C1C=CC=CC1=N2. The first kappa shape index (κ1) is 17.0. The summed E-state index contributed by atoms with van der Waals surface area (Å²) in [4.78, 5) is 18.0. The van der Waals surface area contributed by atoms with Gasteiger partial charge in [-0.3, -0.25) is 4.79 Å². The van der Waals surface area contributed by atoms with Gasteiger partial charge in [-0.15, -0.1) is 0 Å². The van der Waals surface area contributed by atoms with Crippen LogP contribution in [0.4, 0.5) is 5.95 Å². The van der Waals surface area contributed by atoms with E-state index in [2.05, 4.69) is 11.5 Å². The summed E-state index contributed by atoms with van der Waals surface area (Å²) in [5, 5.41) is 0.721. The molecule has 1 aliphatic carbocycles. The van der Waals surface area contributed by atoms with Crippen molar-refractivity contribution in [3.8, 4) is 0 Å². The summed E-state index contributed by atoms with van der Waals surface area (Å²) < 4.78 is 3.99. The Hall–Kier alpha value is -2.46. The van der Waals surface area contributed by atoms with Crippen molar-refractivity contribution < 1.29 is 4.57 Å². The molecule has 0 radical (unpaired) electrons. The lowest BCUT2D eigenvalue weighted by molar-refractivity contribution is -0.685. The van der Waals surface area contributed by atoms with Gasteiger partial charge in [-0.25, -0.2) is 4.57 Å². The number of aromatic nitrogens is 2. The van der Waals surface area contributed by atoms with Gasteiger partial charge in [0, 0.05) is 5.02 Å². The van der Waals surface area contributed by atoms with Crippen molar-refractivity contribution in [2.24, 2.45) is 4.99 Å². The summed E-state index contributed by atoms with van der Waals surface area (Å²) in [5.41, 5.74) is 4.00. The van der Waals surface area contributed by atoms with Crippen LogP contribution in [-0.2, 0) is 13.0 Å². The molecule has 2 aliphatic rings. The Morgan fingerprint density at radius 3 is 2.73 bits per heavy atom. The van der Waals surface area contributed by atoms with E-state index in [1.54, 1.807) is 0 Å². The number of nitrogens with zero attached hydrogens (tertiary/aromatic N) is 3. The second kappa shape index (κ2) is 6.69. The lowest BCUT2D eigenvalue weighted by Crippen LogP contribution is -2.46. The van der Waals surface area contributed by atoms with Crippen molar-refractivity contribution in [1.82, 2.24) is 4.57 Å². The Morgan fingerprint density at radius 2 is 2.00 bits per heavy atom. The number of rotatable bonds is 4. The summed E-state index contributed by atoms with van der Waals surface area (Å²) in [7, 11) is 0. The van der Waals surface area contributed by atoms with E-state index in [4.69, 9.17) is 16.6 Å². The third kappa shape index (κ3) is 2.74. The van der Waals surface area contributed by atoms with E-state index in [9.17, 15) is 4.79 Å². The zero-order valence-corrected chi connectivity index (χ0v) is 15.7. The third-order valence-electron chi connectivity index (χ3n) is 5.01. The van der Waals surface area contributed by atoms with Crippen LogP contribution in [0, 0.1) is 6.92 Å². The topological polar surface area (TPSA) is 38.2 Å². The summed E-state index contributed by atoms with van der Waals surface area (Å²) in [6.07, 6.45) is 9.67. The van der Waals surface area contributed by atoms with Gasteiger partial charge in [-0.05, 0) is 43.2 Å². The van der Waals surface area contributed by atoms with Crippen LogP contribution < -0.4 is 10.1 Å². The first-order valence-electron chi connectivity index (χ1n) is 8.96. The number of aliphatic imine (C=N–C) groups is 1. The molecule has 5 heteroatoms. The van der Waals surface area contributed by atoms with Crippen LogP contribution in [0.5, 0.6) is 0 Å². The molecule has 1 atom stereocenters. The van der Waals surface area contributed by atoms with Crippen LogP contribution >= 0.6 is 11.6 Å². The lowest BCUT2D eigenvalue weighted by Gasteiger charge is -2.15. The predicted octanol–water partition coefficient (Wildman–Crippen LogP) is 3.85. The van der Waals surface area contributed by atoms with Gasteiger partial charge >= 0.3 is 11.5 Å². The smallest absolute Gasteiger partial charge is 0.250 e. The van der Waals surface area contributed by atoms with Gasteiger partial charge in [0.2, 0.25) is 0 Å². The quantitative estimate of drug-likeness (QED) is 0.757. The second-order valence-electron chi connectivity index (χ2n) is 6.73. The number of fused-ring (bicyclic) bond motifs is 3. The number of hydrogen-bond acceptors (Lipinski definition) is 2. The molecule has 2 heterocycles. The average Bonchev–Trinajstić information content (AvgIpc) is 3.03. The molecule has 0 saturated carbocycles. The second-order valence-corrected chi connectivity index (χ2v) is 7.16. The van der Waals surface area contributed by atoms with Gasteiger partial charge in [-0.2, -0.15) is 4.57 Å². The maximum Gasteiger partial charge on any atom is 0.403 e. The van der Waals surface area contributed by atoms with E-state index in [0.29, 0.717) is 6.54 Å². The first-order chi connectivity index (χ1) is 12.6. The molecule has 0 fully saturated rings. The lowest BCUT2D eigenvalue weighted by atomic mass is 10.1. The van der Waals surface area contributed by atoms with E-state index in [0.717, 1.165) is 46.3 Å². The van der Waals surface area contributed by atoms with Gasteiger partial charge in [0.05, 0.1) is 17.8 Å². The van der Waals surface area contributed by atoms with Crippen molar-refractivity contribution >= 4 is 23.3 Å². The van der Waals surface area contributed by atoms with Gasteiger partial charge in [-0.1, -0.05) is 54.2 Å². The molecule has 1 aromatic heterocycles. The van der Waals surface area contributed by atoms with Crippen molar-refractivity contribution in [3.05, 3.63) is 80.8 Å². The molecule has 4 nitrogen and oxygen atoms in total. The van der Waals surface area contributed by atoms with E-state index in [-0.39, 0.29) is 11.6 Å². The zero-order chi connectivity index (χ0) is 18.3. The van der Waals surface area contributed by atoms with Crippen molar-refractivity contribution in [2.75, 3.05) is 0 Å². The molecule has 0 saturated heterocycles. The molecular weight excluding hydrogens is 346 g/mol. The highest BCUT2D eigenvalue weighted by Crippen LogP contribution is 2.28. The fraction of sp³-hybridized carbons (Fsp3) is 0.286. The molecule has 0 spiro atoms. The monoisotopic (exact) mass is 366 g/mol. The Balaban J connectivity index is 1.91. The number of hydrogen-bond donors (Lipinski definition) is 0. The Morgan fingerprint density at radius 1 is 1.23 bits per heavy atom. The molecular formula is C21H21ClN3O+. The minimum Gasteiger partial charge on any atom is -0.250 e. The van der Waals surface area contributed by atoms with E-state index < -0.39 is 0 Å². The molecule has 4 rings (SSSR count). The highest BCUT2D eigenvalue weighted by molar-refractivity contribution is 6.30. The molecule has 2 aromatic rings. The van der Waals surface area contributed by atoms with Crippen LogP contribution in [-0.4, -0.2) is 10.3 Å². The van der Waals surface area contributed by atoms with Crippen LogP contribution in [0.3, 0.4) is 0 Å². The standard InChI is InChI=1S/C21H21ClN3O/c1-3-6-17-14(2)24(13-15-9-11-16(22)12-10-15)21-23-18-7-4-5-8-19(18)25(21)20(17)26/h4-5,7-12,19H,3,6,13H2,1-2H3/q+1. The average molecular weight is 367 g/mol. The van der Waals surface area contributed by atoms with E-state index >= 15 is 0 Å². The van der Waals surface area contributed by atoms with Crippen LogP contribution in [0.25, 0.3) is 0 Å². The van der Waals surface area contributed by atoms with Crippen molar-refractivity contribution in [3.63, 3.8) is 0 Å². The fourth-order valence-corrected chi connectivity index (χ4v) is 3.78. The highest BCUT2D eigenvalue weighted by Gasteiger charge is 2.38. The Kier molecular flexibility index (Phi) is 4.37. The van der Waals surface area contributed by atoms with Crippen molar-refractivity contribution in [1.29, 1.82) is 0 Å². The summed E-state index contributed by atoms with van der Waals surface area (Å²) in [6, 6.07) is 7.73. The van der Waals surface area contributed by atoms with Gasteiger partial charge < -0.3 is 0 Å². The molecule has 0 bridgehead atoms. The summed E-state index contributed by atoms with van der Waals surface area (Å²) >= 11 is 6.02. The number of halogens is 1. The Labute approximate surface area is 157 Å². The fourth-order valence-electron chi connectivity index (χ4n) is 3.66. The summed E-state index contributed by atoms with van der Waals surface area (Å²) in [5.74, 6) is 0.721. The maximum absolute atomic E-state index is 13.2. The predicted molar refractivity (Wildman–Crippen MR) is 105 cm³/mol. The van der Waals surface area contributed by atoms with Crippen molar-refractivity contribution in [2.45, 2.75) is 39.3 Å². The zero-order valence-electron chi connectivity index (χ0n) is 14.9. The molecule has 1 unspecified atom stereocenters. The third-order valence-corrected chi connectivity index (χ3v) is 5.26. The number of allylic oxidation sites excluding steroid dienone is 4. The molecule has 26 heavy (non-hydrogen) atoms. The van der Waals surface area contributed by atoms with E-state index in [1.807, 2.05) is 60.1 Å². The van der Waals surface area contributed by atoms with E-state index in [1.165, 1.54) is 0 Å². The largest absolute Gasteiger partial charge is 0.403 e. The molecule has 132 valence electrons. The van der Waals surface area contributed by atoms with Gasteiger partial charge in [0.25, 0.3) is 0 Å².